The Kier molecular flexibility index (Phi) is 4.55. The Labute approximate surface area is 127 Å². The lowest BCUT2D eigenvalue weighted by atomic mass is 10.1. The van der Waals surface area contributed by atoms with Gasteiger partial charge in [0.2, 0.25) is 6.29 Å². The molecule has 0 aromatic heterocycles. The molecule has 124 valence electrons. The van der Waals surface area contributed by atoms with Crippen molar-refractivity contribution in [3.8, 4) is 0 Å². The van der Waals surface area contributed by atoms with E-state index in [-0.39, 0.29) is 0 Å². The third-order valence-electron chi connectivity index (χ3n) is 2.85. The van der Waals surface area contributed by atoms with Crippen molar-refractivity contribution < 1.29 is 40.7 Å². The number of hydrogen-bond donors (Lipinski definition) is 0. The number of isocyanates is 1. The number of rotatable bonds is 4. The third-order valence-corrected chi connectivity index (χ3v) is 4.12. The van der Waals surface area contributed by atoms with Crippen LogP contribution in [0.15, 0.2) is 27.5 Å². The van der Waals surface area contributed by atoms with Gasteiger partial charge in [0.05, 0.1) is 17.7 Å². The van der Waals surface area contributed by atoms with Crippen LogP contribution < -0.4 is 0 Å². The topological polar surface area (TPSA) is 99.1 Å². The van der Waals surface area contributed by atoms with E-state index in [2.05, 4.69) is 4.40 Å². The van der Waals surface area contributed by atoms with Crippen molar-refractivity contribution >= 4 is 22.1 Å². The van der Waals surface area contributed by atoms with Gasteiger partial charge in [-0.3, -0.25) is 0 Å². The summed E-state index contributed by atoms with van der Waals surface area (Å²) in [5.41, 5.74) is -2.53. The Morgan fingerprint density at radius 2 is 2.04 bits per heavy atom. The van der Waals surface area contributed by atoms with Crippen molar-refractivity contribution in [3.05, 3.63) is 29.3 Å². The predicted octanol–water partition coefficient (Wildman–Crippen LogP) is 1.63. The molecular weight excluding hydrogens is 343 g/mol. The van der Waals surface area contributed by atoms with E-state index in [1.165, 1.54) is 0 Å². The van der Waals surface area contributed by atoms with E-state index in [9.17, 15) is 31.2 Å². The van der Waals surface area contributed by atoms with E-state index < -0.39 is 44.5 Å². The van der Waals surface area contributed by atoms with Gasteiger partial charge in [-0.2, -0.15) is 21.6 Å². The first-order valence-corrected chi connectivity index (χ1v) is 7.48. The second-order valence-electron chi connectivity index (χ2n) is 4.33. The van der Waals surface area contributed by atoms with Gasteiger partial charge in [0, 0.05) is 6.42 Å². The summed E-state index contributed by atoms with van der Waals surface area (Å²) in [6.45, 7) is 0.307. The monoisotopic (exact) mass is 351 g/mol. The number of carbonyl (C=O) groups is 1. The first-order chi connectivity index (χ1) is 10.7. The molecule has 0 spiro atoms. The summed E-state index contributed by atoms with van der Waals surface area (Å²) in [5.74, 6) is -1.33. The van der Waals surface area contributed by atoms with Crippen LogP contribution in [0, 0.1) is 0 Å². The molecule has 11 heteroatoms. The number of hydrogen-bond acceptors (Lipinski definition) is 6. The molecule has 1 atom stereocenters. The molecule has 7 nitrogen and oxygen atoms in total. The third kappa shape index (κ3) is 3.58. The molecule has 1 aromatic rings. The van der Waals surface area contributed by atoms with Crippen molar-refractivity contribution in [1.29, 1.82) is 0 Å². The van der Waals surface area contributed by atoms with E-state index in [1.54, 1.807) is 0 Å². The van der Waals surface area contributed by atoms with Crippen LogP contribution in [0.2, 0.25) is 0 Å². The lowest BCUT2D eigenvalue weighted by Crippen LogP contribution is -2.32. The highest BCUT2D eigenvalue weighted by Gasteiger charge is 2.40. The van der Waals surface area contributed by atoms with E-state index >= 15 is 0 Å². The zero-order valence-electron chi connectivity index (χ0n) is 11.2. The maximum absolute atomic E-state index is 13.0. The van der Waals surface area contributed by atoms with Crippen LogP contribution in [0.3, 0.4) is 0 Å². The van der Waals surface area contributed by atoms with Gasteiger partial charge in [-0.15, -0.1) is 0 Å². The highest BCUT2D eigenvalue weighted by Crippen LogP contribution is 2.37. The van der Waals surface area contributed by atoms with Gasteiger partial charge in [-0.05, 0) is 12.1 Å². The van der Waals surface area contributed by atoms with Gasteiger partial charge in [0.1, 0.15) is 4.90 Å². The molecule has 0 saturated carbocycles. The number of ether oxygens (including phenoxy) is 2. The SMILES string of the molecule is O=C=NS(=O)(=O)c1c(C(=O)OC2CCO2)cccc1C(F)(F)F. The summed E-state index contributed by atoms with van der Waals surface area (Å²) in [4.78, 5) is 20.6. The fourth-order valence-corrected chi connectivity index (χ4v) is 2.86. The molecule has 2 rings (SSSR count). The minimum atomic E-state index is -5.09. The Morgan fingerprint density at radius 3 is 2.52 bits per heavy atom. The van der Waals surface area contributed by atoms with E-state index in [0.717, 1.165) is 12.1 Å². The molecule has 1 heterocycles. The maximum Gasteiger partial charge on any atom is 0.417 e. The van der Waals surface area contributed by atoms with E-state index in [1.807, 2.05) is 0 Å². The van der Waals surface area contributed by atoms with Crippen LogP contribution in [0.5, 0.6) is 0 Å². The van der Waals surface area contributed by atoms with Crippen molar-refractivity contribution in [2.24, 2.45) is 4.40 Å². The van der Waals surface area contributed by atoms with Gasteiger partial charge in [0.15, 0.2) is 0 Å². The normalized spacial score (nSPS) is 17.8. The van der Waals surface area contributed by atoms with Crippen LogP contribution in [0.1, 0.15) is 22.3 Å². The van der Waals surface area contributed by atoms with Gasteiger partial charge >= 0.3 is 12.1 Å². The summed E-state index contributed by atoms with van der Waals surface area (Å²) in [5, 5.41) is 0. The predicted molar refractivity (Wildman–Crippen MR) is 66.5 cm³/mol. The second-order valence-corrected chi connectivity index (χ2v) is 5.87. The number of halogens is 3. The largest absolute Gasteiger partial charge is 0.432 e. The molecule has 0 aliphatic carbocycles. The lowest BCUT2D eigenvalue weighted by Gasteiger charge is -2.26. The van der Waals surface area contributed by atoms with E-state index in [4.69, 9.17) is 9.47 Å². The van der Waals surface area contributed by atoms with Crippen LogP contribution >= 0.6 is 0 Å². The smallest absolute Gasteiger partial charge is 0.417 e. The summed E-state index contributed by atoms with van der Waals surface area (Å²) in [6, 6.07) is 2.11. The fourth-order valence-electron chi connectivity index (χ4n) is 1.78. The van der Waals surface area contributed by atoms with Crippen LogP contribution in [0.25, 0.3) is 0 Å². The Morgan fingerprint density at radius 1 is 1.39 bits per heavy atom. The highest BCUT2D eigenvalue weighted by molar-refractivity contribution is 7.90. The summed E-state index contributed by atoms with van der Waals surface area (Å²) in [7, 11) is -5.08. The molecule has 1 saturated heterocycles. The number of esters is 1. The molecule has 23 heavy (non-hydrogen) atoms. The molecule has 1 aliphatic heterocycles. The summed E-state index contributed by atoms with van der Waals surface area (Å²) >= 11 is 0. The highest BCUT2D eigenvalue weighted by atomic mass is 32.2. The van der Waals surface area contributed by atoms with Crippen molar-refractivity contribution in [1.82, 2.24) is 0 Å². The van der Waals surface area contributed by atoms with Gasteiger partial charge in [-0.1, -0.05) is 10.5 Å². The molecule has 1 unspecified atom stereocenters. The van der Waals surface area contributed by atoms with Gasteiger partial charge < -0.3 is 9.47 Å². The molecule has 0 bridgehead atoms. The standard InChI is InChI=1S/C12H8F3NO6S/c13-12(14,15)8-3-1-2-7(10(8)23(19,20)16-6-17)11(18)22-9-4-5-21-9/h1-3,9H,4-5H2. The minimum absolute atomic E-state index is 0.307. The molecular formula is C12H8F3NO6S. The Balaban J connectivity index is 2.62. The number of alkyl halides is 3. The zero-order chi connectivity index (χ0) is 17.3. The molecule has 1 fully saturated rings. The quantitative estimate of drug-likeness (QED) is 0.464. The van der Waals surface area contributed by atoms with Crippen molar-refractivity contribution in [2.45, 2.75) is 23.8 Å². The molecule has 0 amide bonds. The van der Waals surface area contributed by atoms with E-state index in [0.29, 0.717) is 25.2 Å². The maximum atomic E-state index is 13.0. The minimum Gasteiger partial charge on any atom is -0.432 e. The Hall–Kier alpha value is -2.23. The van der Waals surface area contributed by atoms with Gasteiger partial charge in [0.25, 0.3) is 16.1 Å². The van der Waals surface area contributed by atoms with Crippen molar-refractivity contribution in [3.63, 3.8) is 0 Å². The van der Waals surface area contributed by atoms with Crippen molar-refractivity contribution in [2.75, 3.05) is 6.61 Å². The number of nitrogens with zero attached hydrogens (tertiary/aromatic N) is 1. The second kappa shape index (κ2) is 6.11. The van der Waals surface area contributed by atoms with Gasteiger partial charge in [-0.25, -0.2) is 9.59 Å². The molecule has 0 radical (unpaired) electrons. The summed E-state index contributed by atoms with van der Waals surface area (Å²) < 4.78 is 74.6. The molecule has 1 aromatic carbocycles. The average Bonchev–Trinajstić information content (AvgIpc) is 2.40. The molecule has 0 N–H and O–H groups in total. The fraction of sp³-hybridized carbons (Fsp3) is 0.333. The Bertz CT molecular complexity index is 778. The summed E-state index contributed by atoms with van der Waals surface area (Å²) in [6.07, 6.45) is -5.06. The first-order valence-electron chi connectivity index (χ1n) is 6.04. The first kappa shape index (κ1) is 17.1. The number of sulfonamides is 1. The van der Waals surface area contributed by atoms with Crippen LogP contribution in [-0.2, 0) is 30.5 Å². The average molecular weight is 351 g/mol. The van der Waals surface area contributed by atoms with Crippen LogP contribution in [-0.4, -0.2) is 33.4 Å². The zero-order valence-corrected chi connectivity index (χ0v) is 12.0. The lowest BCUT2D eigenvalue weighted by molar-refractivity contribution is -0.184. The number of carbonyl (C=O) groups excluding carboxylic acids is 2. The van der Waals surface area contributed by atoms with Crippen LogP contribution in [0.4, 0.5) is 13.2 Å². The number of benzene rings is 1. The molecule has 1 aliphatic rings.